The number of sulfonamides is 1. The van der Waals surface area contributed by atoms with Crippen molar-refractivity contribution in [1.29, 1.82) is 0 Å². The maximum atomic E-state index is 13.1. The number of nitrogens with one attached hydrogen (secondary N) is 1. The first kappa shape index (κ1) is 14.3. The second-order valence-electron chi connectivity index (χ2n) is 6.03. The highest BCUT2D eigenvalue weighted by Crippen LogP contribution is 2.37. The van der Waals surface area contributed by atoms with E-state index in [4.69, 9.17) is 0 Å². The van der Waals surface area contributed by atoms with E-state index in [1.807, 2.05) is 31.2 Å². The highest BCUT2D eigenvalue weighted by molar-refractivity contribution is 7.92. The van der Waals surface area contributed by atoms with Gasteiger partial charge in [0.1, 0.15) is 0 Å². The molecule has 0 bridgehead atoms. The number of fused-ring (bicyclic) bond motifs is 2. The van der Waals surface area contributed by atoms with Crippen LogP contribution in [0.1, 0.15) is 18.1 Å². The van der Waals surface area contributed by atoms with Crippen LogP contribution in [-0.4, -0.2) is 20.4 Å². The molecule has 2 aromatic rings. The van der Waals surface area contributed by atoms with Crippen molar-refractivity contribution in [1.82, 2.24) is 0 Å². The van der Waals surface area contributed by atoms with E-state index in [9.17, 15) is 13.2 Å². The molecule has 6 heteroatoms. The van der Waals surface area contributed by atoms with Crippen LogP contribution in [0.15, 0.2) is 47.4 Å². The molecular weight excluding hydrogens is 312 g/mol. The summed E-state index contributed by atoms with van der Waals surface area (Å²) in [4.78, 5) is 11.7. The second kappa shape index (κ2) is 4.83. The fraction of sp³-hybridized carbons (Fsp3) is 0.235. The molecule has 0 aromatic heterocycles. The van der Waals surface area contributed by atoms with Crippen LogP contribution in [-0.2, 0) is 27.7 Å². The van der Waals surface area contributed by atoms with Crippen molar-refractivity contribution in [2.24, 2.45) is 0 Å². The third kappa shape index (κ3) is 2.13. The smallest absolute Gasteiger partial charge is 0.264 e. The molecule has 4 rings (SSSR count). The Morgan fingerprint density at radius 3 is 2.74 bits per heavy atom. The van der Waals surface area contributed by atoms with E-state index in [1.165, 1.54) is 4.31 Å². The van der Waals surface area contributed by atoms with Gasteiger partial charge < -0.3 is 5.32 Å². The predicted molar refractivity (Wildman–Crippen MR) is 88.0 cm³/mol. The largest absolute Gasteiger partial charge is 0.326 e. The van der Waals surface area contributed by atoms with Gasteiger partial charge in [-0.3, -0.25) is 9.10 Å². The number of carbonyl (C=O) groups excluding carboxylic acids is 1. The predicted octanol–water partition coefficient (Wildman–Crippen LogP) is 2.32. The number of benzene rings is 2. The van der Waals surface area contributed by atoms with Gasteiger partial charge in [-0.15, -0.1) is 0 Å². The van der Waals surface area contributed by atoms with Crippen LogP contribution in [0.2, 0.25) is 0 Å². The van der Waals surface area contributed by atoms with Gasteiger partial charge >= 0.3 is 0 Å². The third-order valence-electron chi connectivity index (χ3n) is 4.40. The summed E-state index contributed by atoms with van der Waals surface area (Å²) < 4.78 is 27.7. The zero-order valence-corrected chi connectivity index (χ0v) is 13.4. The van der Waals surface area contributed by atoms with Gasteiger partial charge in [-0.05, 0) is 48.7 Å². The van der Waals surface area contributed by atoms with Crippen molar-refractivity contribution in [2.75, 3.05) is 9.62 Å². The van der Waals surface area contributed by atoms with Crippen molar-refractivity contribution in [3.8, 4) is 0 Å². The second-order valence-corrected chi connectivity index (χ2v) is 7.84. The van der Waals surface area contributed by atoms with Crippen molar-refractivity contribution in [3.05, 3.63) is 53.6 Å². The van der Waals surface area contributed by atoms with E-state index >= 15 is 0 Å². The Kier molecular flexibility index (Phi) is 2.99. The normalized spacial score (nSPS) is 19.4. The number of amides is 1. The molecule has 2 aliphatic heterocycles. The lowest BCUT2D eigenvalue weighted by Gasteiger charge is -2.24. The monoisotopic (exact) mass is 328 g/mol. The lowest BCUT2D eigenvalue weighted by molar-refractivity contribution is -0.115. The van der Waals surface area contributed by atoms with Crippen molar-refractivity contribution in [2.45, 2.75) is 30.7 Å². The van der Waals surface area contributed by atoms with Crippen LogP contribution in [0.25, 0.3) is 0 Å². The molecule has 0 saturated heterocycles. The Morgan fingerprint density at radius 1 is 1.13 bits per heavy atom. The molecule has 118 valence electrons. The number of rotatable bonds is 2. The molecule has 0 aliphatic carbocycles. The Morgan fingerprint density at radius 2 is 1.91 bits per heavy atom. The van der Waals surface area contributed by atoms with E-state index in [2.05, 4.69) is 5.32 Å². The summed E-state index contributed by atoms with van der Waals surface area (Å²) in [5.74, 6) is -0.102. The Balaban J connectivity index is 1.80. The number of hydrogen-bond acceptors (Lipinski definition) is 3. The minimum Gasteiger partial charge on any atom is -0.326 e. The van der Waals surface area contributed by atoms with Crippen LogP contribution in [0, 0.1) is 0 Å². The van der Waals surface area contributed by atoms with E-state index in [0.717, 1.165) is 16.8 Å². The average Bonchev–Trinajstić information content (AvgIpc) is 3.04. The topological polar surface area (TPSA) is 66.5 Å². The van der Waals surface area contributed by atoms with Crippen LogP contribution >= 0.6 is 0 Å². The van der Waals surface area contributed by atoms with Crippen LogP contribution in [0.3, 0.4) is 0 Å². The first-order valence-electron chi connectivity index (χ1n) is 7.52. The highest BCUT2D eigenvalue weighted by atomic mass is 32.2. The van der Waals surface area contributed by atoms with Crippen LogP contribution in [0.5, 0.6) is 0 Å². The van der Waals surface area contributed by atoms with Gasteiger partial charge in [0.05, 0.1) is 17.0 Å². The fourth-order valence-electron chi connectivity index (χ4n) is 3.38. The number of nitrogens with zero attached hydrogens (tertiary/aromatic N) is 1. The van der Waals surface area contributed by atoms with Crippen LogP contribution < -0.4 is 9.62 Å². The van der Waals surface area contributed by atoms with E-state index in [0.29, 0.717) is 12.1 Å². The molecule has 0 fully saturated rings. The summed E-state index contributed by atoms with van der Waals surface area (Å²) >= 11 is 0. The Labute approximate surface area is 135 Å². The summed E-state index contributed by atoms with van der Waals surface area (Å²) in [7, 11) is -3.65. The molecule has 1 N–H and O–H groups in total. The average molecular weight is 328 g/mol. The third-order valence-corrected chi connectivity index (χ3v) is 6.33. The molecule has 0 saturated carbocycles. The van der Waals surface area contributed by atoms with Crippen molar-refractivity contribution >= 4 is 27.3 Å². The molecule has 2 heterocycles. The van der Waals surface area contributed by atoms with E-state index in [-0.39, 0.29) is 23.3 Å². The zero-order valence-electron chi connectivity index (χ0n) is 12.6. The van der Waals surface area contributed by atoms with E-state index in [1.54, 1.807) is 18.2 Å². The molecule has 1 atom stereocenters. The van der Waals surface area contributed by atoms with Gasteiger partial charge in [0, 0.05) is 11.7 Å². The zero-order chi connectivity index (χ0) is 16.2. The van der Waals surface area contributed by atoms with Gasteiger partial charge in [0.25, 0.3) is 10.0 Å². The van der Waals surface area contributed by atoms with E-state index < -0.39 is 10.0 Å². The molecular formula is C17H16N2O3S. The SMILES string of the molecule is CC1Cc2ccccc2N1S(=O)(=O)c1ccc2c(c1)CC(=O)N2. The summed E-state index contributed by atoms with van der Waals surface area (Å²) in [6, 6.07) is 12.3. The maximum Gasteiger partial charge on any atom is 0.264 e. The molecule has 1 unspecified atom stereocenters. The molecule has 2 aliphatic rings. The number of carbonyl (C=O) groups is 1. The number of para-hydroxylation sites is 1. The molecule has 2 aromatic carbocycles. The summed E-state index contributed by atoms with van der Waals surface area (Å²) in [5, 5.41) is 2.72. The first-order chi connectivity index (χ1) is 11.0. The number of hydrogen-bond donors (Lipinski definition) is 1. The molecule has 1 amide bonds. The van der Waals surface area contributed by atoms with Crippen LogP contribution in [0.4, 0.5) is 11.4 Å². The Hall–Kier alpha value is -2.34. The van der Waals surface area contributed by atoms with Crippen molar-refractivity contribution in [3.63, 3.8) is 0 Å². The quantitative estimate of drug-likeness (QED) is 0.920. The fourth-order valence-corrected chi connectivity index (χ4v) is 5.13. The maximum absolute atomic E-state index is 13.1. The highest BCUT2D eigenvalue weighted by Gasteiger charge is 2.36. The lowest BCUT2D eigenvalue weighted by atomic mass is 10.1. The first-order valence-corrected chi connectivity index (χ1v) is 8.96. The van der Waals surface area contributed by atoms with Gasteiger partial charge in [-0.2, -0.15) is 0 Å². The summed E-state index contributed by atoms with van der Waals surface area (Å²) in [5.41, 5.74) is 3.22. The molecule has 5 nitrogen and oxygen atoms in total. The van der Waals surface area contributed by atoms with Gasteiger partial charge in [0.2, 0.25) is 5.91 Å². The lowest BCUT2D eigenvalue weighted by Crippen LogP contribution is -2.35. The number of anilines is 2. The minimum atomic E-state index is -3.65. The van der Waals surface area contributed by atoms with Gasteiger partial charge in [0.15, 0.2) is 0 Å². The molecule has 0 radical (unpaired) electrons. The molecule has 23 heavy (non-hydrogen) atoms. The minimum absolute atomic E-state index is 0.102. The van der Waals surface area contributed by atoms with Gasteiger partial charge in [-0.25, -0.2) is 8.42 Å². The van der Waals surface area contributed by atoms with Crippen molar-refractivity contribution < 1.29 is 13.2 Å². The summed E-state index contributed by atoms with van der Waals surface area (Å²) in [6.07, 6.45) is 0.936. The van der Waals surface area contributed by atoms with Gasteiger partial charge in [-0.1, -0.05) is 18.2 Å². The summed E-state index contributed by atoms with van der Waals surface area (Å²) in [6.45, 7) is 1.91. The molecule has 0 spiro atoms. The Bertz CT molecular complexity index is 921. The standard InChI is InChI=1S/C17H16N2O3S/c1-11-8-12-4-2-3-5-16(12)19(11)23(21,22)14-6-7-15-13(9-14)10-17(20)18-15/h2-7,9,11H,8,10H2,1H3,(H,18,20).